The number of hydrogen-bond donors (Lipinski definition) is 1. The number of unbranched alkanes of at least 4 members (excludes halogenated alkanes) is 3. The van der Waals surface area contributed by atoms with Gasteiger partial charge in [0.1, 0.15) is 0 Å². The third-order valence-corrected chi connectivity index (χ3v) is 22.2. The van der Waals surface area contributed by atoms with Crippen molar-refractivity contribution in [1.29, 1.82) is 0 Å². The van der Waals surface area contributed by atoms with E-state index < -0.39 is 18.4 Å². The topological polar surface area (TPSA) is 21.3 Å². The summed E-state index contributed by atoms with van der Waals surface area (Å²) in [6, 6.07) is 19.9. The first kappa shape index (κ1) is 26.3. The minimum absolute atomic E-state index is 0.0994. The molecule has 3 heteroatoms. The van der Waals surface area contributed by atoms with Crippen molar-refractivity contribution in [1.82, 2.24) is 5.32 Å². The van der Waals surface area contributed by atoms with Gasteiger partial charge >= 0.3 is 197 Å². The van der Waals surface area contributed by atoms with E-state index in [4.69, 9.17) is 4.74 Å². The summed E-state index contributed by atoms with van der Waals surface area (Å²) in [5.74, 6) is 1.19. The van der Waals surface area contributed by atoms with Gasteiger partial charge in [-0.2, -0.15) is 0 Å². The number of rotatable bonds is 16. The molecule has 0 aliphatic heterocycles. The maximum atomic E-state index is 6.89. The molecule has 2 rings (SSSR count). The van der Waals surface area contributed by atoms with Gasteiger partial charge in [-0.1, -0.05) is 0 Å². The molecule has 0 spiro atoms. The molecule has 0 bridgehead atoms. The van der Waals surface area contributed by atoms with E-state index in [1.165, 1.54) is 63.1 Å². The van der Waals surface area contributed by atoms with Crippen molar-refractivity contribution in [2.24, 2.45) is 0 Å². The van der Waals surface area contributed by atoms with Crippen molar-refractivity contribution in [3.63, 3.8) is 0 Å². The van der Waals surface area contributed by atoms with Crippen LogP contribution in [0.5, 0.6) is 5.75 Å². The molecule has 1 atom stereocenters. The van der Waals surface area contributed by atoms with Crippen molar-refractivity contribution < 1.29 is 4.74 Å². The Bertz CT molecular complexity index is 696. The average molecular weight is 530 g/mol. The zero-order valence-electron chi connectivity index (χ0n) is 20.5. The van der Waals surface area contributed by atoms with E-state index in [9.17, 15) is 0 Å². The minimum atomic E-state index is -2.56. The van der Waals surface area contributed by atoms with E-state index in [0.29, 0.717) is 0 Å². The molecule has 0 aliphatic rings. The summed E-state index contributed by atoms with van der Waals surface area (Å²) in [6.07, 6.45) is 9.11. The Morgan fingerprint density at radius 1 is 0.774 bits per heavy atom. The summed E-state index contributed by atoms with van der Waals surface area (Å²) in [4.78, 5) is 0. The van der Waals surface area contributed by atoms with Gasteiger partial charge in [0.05, 0.1) is 0 Å². The molecule has 172 valence electrons. The summed E-state index contributed by atoms with van der Waals surface area (Å²) in [5, 5.41) is 3.32. The molecule has 0 aliphatic carbocycles. The molecule has 1 N–H and O–H groups in total. The number of nitrogens with one attached hydrogen (secondary N) is 1. The molecule has 2 aromatic rings. The quantitative estimate of drug-likeness (QED) is 0.228. The van der Waals surface area contributed by atoms with E-state index in [1.54, 1.807) is 3.58 Å². The summed E-state index contributed by atoms with van der Waals surface area (Å²) >= 11 is -2.56. The van der Waals surface area contributed by atoms with E-state index in [1.807, 2.05) is 7.05 Å². The molecule has 0 heterocycles. The van der Waals surface area contributed by atoms with Crippen LogP contribution in [-0.2, 0) is 0 Å². The third kappa shape index (κ3) is 8.13. The van der Waals surface area contributed by atoms with Crippen LogP contribution in [0.4, 0.5) is 0 Å². The van der Waals surface area contributed by atoms with Crippen LogP contribution in [-0.4, -0.2) is 32.0 Å². The van der Waals surface area contributed by atoms with Gasteiger partial charge in [0.25, 0.3) is 0 Å². The number of benzene rings is 2. The fraction of sp³-hybridized carbons (Fsp3) is 0.571. The predicted octanol–water partition coefficient (Wildman–Crippen LogP) is 7.47. The molecule has 2 nitrogen and oxygen atoms in total. The van der Waals surface area contributed by atoms with Gasteiger partial charge in [-0.3, -0.25) is 0 Å². The van der Waals surface area contributed by atoms with Gasteiger partial charge in [-0.25, -0.2) is 0 Å². The Kier molecular flexibility index (Phi) is 12.7. The Hall–Kier alpha value is -1.00. The van der Waals surface area contributed by atoms with Crippen molar-refractivity contribution in [2.45, 2.75) is 85.1 Å². The Labute approximate surface area is 196 Å². The van der Waals surface area contributed by atoms with Crippen molar-refractivity contribution in [3.8, 4) is 5.75 Å². The number of ether oxygens (including phenoxy) is 1. The first-order valence-corrected chi connectivity index (χ1v) is 20.1. The standard InChI is InChI=1S/C16H18NO.3C4H9.Sn/c1-17-13-12-16(14-8-4-2-5-9-14)18-15-10-6-3-7-11-15;3*1-3-4-2;/h2-10,16-17H,12-13H2,1H3;3*1,3-4H2,2H3;. The fourth-order valence-corrected chi connectivity index (χ4v) is 21.2. The number of hydrogen-bond acceptors (Lipinski definition) is 2. The van der Waals surface area contributed by atoms with E-state index in [2.05, 4.69) is 80.7 Å². The summed E-state index contributed by atoms with van der Waals surface area (Å²) in [7, 11) is 2.03. The summed E-state index contributed by atoms with van der Waals surface area (Å²) < 4.78 is 13.0. The normalized spacial score (nSPS) is 12.6. The second-order valence-electron chi connectivity index (χ2n) is 9.00. The maximum absolute atomic E-state index is 6.89. The molecular weight excluding hydrogens is 485 g/mol. The molecule has 0 saturated heterocycles. The van der Waals surface area contributed by atoms with E-state index >= 15 is 0 Å². The summed E-state index contributed by atoms with van der Waals surface area (Å²) in [5.41, 5.74) is 1.28. The summed E-state index contributed by atoms with van der Waals surface area (Å²) in [6.45, 7) is 8.00. The fourth-order valence-electron chi connectivity index (χ4n) is 4.72. The SMILES string of the molecule is CCC[CH2][Sn]([CH2]CCC)([CH2]CCC)[c]1ccccc1OC(CCNC)c1ccccc1. The molecule has 0 aromatic heterocycles. The van der Waals surface area contributed by atoms with Crippen LogP contribution >= 0.6 is 0 Å². The molecule has 0 saturated carbocycles. The van der Waals surface area contributed by atoms with Gasteiger partial charge in [0.15, 0.2) is 0 Å². The van der Waals surface area contributed by atoms with Crippen LogP contribution in [0.3, 0.4) is 0 Å². The molecule has 0 amide bonds. The molecular formula is C28H45NOSn. The molecule has 0 radical (unpaired) electrons. The van der Waals surface area contributed by atoms with E-state index in [-0.39, 0.29) is 6.10 Å². The van der Waals surface area contributed by atoms with Crippen LogP contribution in [0.25, 0.3) is 0 Å². The molecule has 31 heavy (non-hydrogen) atoms. The van der Waals surface area contributed by atoms with Crippen LogP contribution < -0.4 is 13.6 Å². The molecule has 2 aromatic carbocycles. The number of para-hydroxylation sites is 1. The predicted molar refractivity (Wildman–Crippen MR) is 139 cm³/mol. The van der Waals surface area contributed by atoms with E-state index in [0.717, 1.165) is 13.0 Å². The Morgan fingerprint density at radius 3 is 1.87 bits per heavy atom. The van der Waals surface area contributed by atoms with Gasteiger partial charge in [-0.15, -0.1) is 0 Å². The average Bonchev–Trinajstić information content (AvgIpc) is 2.82. The van der Waals surface area contributed by atoms with Crippen molar-refractivity contribution in [3.05, 3.63) is 60.2 Å². The van der Waals surface area contributed by atoms with Gasteiger partial charge in [-0.05, 0) is 0 Å². The van der Waals surface area contributed by atoms with Crippen LogP contribution in [0.2, 0.25) is 13.3 Å². The second-order valence-corrected chi connectivity index (χ2v) is 22.1. The Balaban J connectivity index is 2.43. The molecule has 0 fully saturated rings. The third-order valence-electron chi connectivity index (χ3n) is 6.58. The van der Waals surface area contributed by atoms with Gasteiger partial charge in [0.2, 0.25) is 0 Å². The zero-order chi connectivity index (χ0) is 22.4. The monoisotopic (exact) mass is 531 g/mol. The first-order valence-electron chi connectivity index (χ1n) is 12.7. The Morgan fingerprint density at radius 2 is 1.32 bits per heavy atom. The van der Waals surface area contributed by atoms with Crippen LogP contribution in [0.1, 0.15) is 77.4 Å². The first-order chi connectivity index (χ1) is 15.2. The van der Waals surface area contributed by atoms with Crippen LogP contribution in [0.15, 0.2) is 54.6 Å². The van der Waals surface area contributed by atoms with Gasteiger partial charge < -0.3 is 0 Å². The van der Waals surface area contributed by atoms with Gasteiger partial charge in [0, 0.05) is 0 Å². The zero-order valence-corrected chi connectivity index (χ0v) is 23.3. The second kappa shape index (κ2) is 14.9. The van der Waals surface area contributed by atoms with Crippen molar-refractivity contribution >= 4 is 22.0 Å². The van der Waals surface area contributed by atoms with Crippen LogP contribution in [0, 0.1) is 0 Å². The van der Waals surface area contributed by atoms with Crippen molar-refractivity contribution in [2.75, 3.05) is 13.6 Å². The molecule has 1 unspecified atom stereocenters.